The smallest absolute Gasteiger partial charge is 0.234 e. The summed E-state index contributed by atoms with van der Waals surface area (Å²) in [7, 11) is 0. The lowest BCUT2D eigenvalue weighted by Crippen LogP contribution is -2.36. The minimum absolute atomic E-state index is 0.0160. The summed E-state index contributed by atoms with van der Waals surface area (Å²) >= 11 is 0. The van der Waals surface area contributed by atoms with Crippen LogP contribution in [0.15, 0.2) is 16.5 Å². The van der Waals surface area contributed by atoms with Gasteiger partial charge in [0, 0.05) is 6.04 Å². The number of carbonyl (C=O) groups excluding carboxylic acids is 1. The van der Waals surface area contributed by atoms with Crippen molar-refractivity contribution in [1.29, 1.82) is 0 Å². The number of rotatable bonds is 5. The van der Waals surface area contributed by atoms with Gasteiger partial charge in [-0.2, -0.15) is 0 Å². The quantitative estimate of drug-likeness (QED) is 0.768. The molecule has 0 aliphatic heterocycles. The Morgan fingerprint density at radius 3 is 2.73 bits per heavy atom. The maximum absolute atomic E-state index is 11.3. The average molecular weight is 210 g/mol. The predicted octanol–water partition coefficient (Wildman–Crippen LogP) is 1.20. The lowest BCUT2D eigenvalue weighted by molar-refractivity contribution is -0.120. The van der Waals surface area contributed by atoms with Gasteiger partial charge in [0.2, 0.25) is 5.91 Å². The third kappa shape index (κ3) is 4.65. The van der Waals surface area contributed by atoms with Crippen LogP contribution in [0.4, 0.5) is 0 Å². The van der Waals surface area contributed by atoms with E-state index in [2.05, 4.69) is 10.6 Å². The minimum atomic E-state index is -0.0160. The molecular weight excluding hydrogens is 192 g/mol. The highest BCUT2D eigenvalue weighted by atomic mass is 16.3. The minimum Gasteiger partial charge on any atom is -0.465 e. The van der Waals surface area contributed by atoms with Crippen LogP contribution in [0.2, 0.25) is 0 Å². The second kappa shape index (κ2) is 5.56. The third-order valence-electron chi connectivity index (χ3n) is 1.93. The molecule has 1 amide bonds. The Morgan fingerprint density at radius 2 is 2.20 bits per heavy atom. The van der Waals surface area contributed by atoms with Crippen molar-refractivity contribution in [3.8, 4) is 0 Å². The van der Waals surface area contributed by atoms with Crippen molar-refractivity contribution in [3.63, 3.8) is 0 Å². The molecule has 0 atom stereocenters. The molecule has 15 heavy (non-hydrogen) atoms. The molecule has 1 heterocycles. The van der Waals surface area contributed by atoms with Crippen LogP contribution < -0.4 is 10.6 Å². The van der Waals surface area contributed by atoms with E-state index in [0.29, 0.717) is 19.1 Å². The molecule has 0 aliphatic rings. The number of nitrogens with one attached hydrogen (secondary N) is 2. The van der Waals surface area contributed by atoms with Crippen molar-refractivity contribution in [2.45, 2.75) is 33.4 Å². The average Bonchev–Trinajstić information content (AvgIpc) is 2.58. The molecule has 0 unspecified atom stereocenters. The van der Waals surface area contributed by atoms with Gasteiger partial charge in [-0.15, -0.1) is 0 Å². The number of hydrogen-bond donors (Lipinski definition) is 2. The molecule has 2 N–H and O–H groups in total. The highest BCUT2D eigenvalue weighted by Crippen LogP contribution is 2.04. The first-order valence-electron chi connectivity index (χ1n) is 5.13. The molecule has 0 radical (unpaired) electrons. The third-order valence-corrected chi connectivity index (χ3v) is 1.93. The fraction of sp³-hybridized carbons (Fsp3) is 0.545. The molecule has 84 valence electrons. The van der Waals surface area contributed by atoms with E-state index in [1.807, 2.05) is 32.9 Å². The molecule has 1 rings (SSSR count). The van der Waals surface area contributed by atoms with Gasteiger partial charge in [0.1, 0.15) is 11.5 Å². The number of hydrogen-bond acceptors (Lipinski definition) is 3. The van der Waals surface area contributed by atoms with E-state index in [1.54, 1.807) is 0 Å². The zero-order valence-electron chi connectivity index (χ0n) is 9.46. The second-order valence-electron chi connectivity index (χ2n) is 3.82. The summed E-state index contributed by atoms with van der Waals surface area (Å²) in [6.45, 7) is 6.68. The fourth-order valence-electron chi connectivity index (χ4n) is 1.13. The van der Waals surface area contributed by atoms with Crippen LogP contribution in [0.25, 0.3) is 0 Å². The maximum Gasteiger partial charge on any atom is 0.234 e. The van der Waals surface area contributed by atoms with Gasteiger partial charge >= 0.3 is 0 Å². The Kier molecular flexibility index (Phi) is 4.37. The SMILES string of the molecule is Cc1ccc(CNC(=O)CNC(C)C)o1. The Balaban J connectivity index is 2.22. The van der Waals surface area contributed by atoms with Crippen molar-refractivity contribution in [2.24, 2.45) is 0 Å². The van der Waals surface area contributed by atoms with E-state index in [-0.39, 0.29) is 5.91 Å². The van der Waals surface area contributed by atoms with Crippen LogP contribution >= 0.6 is 0 Å². The lowest BCUT2D eigenvalue weighted by Gasteiger charge is -2.07. The predicted molar refractivity (Wildman–Crippen MR) is 58.4 cm³/mol. The van der Waals surface area contributed by atoms with Gasteiger partial charge < -0.3 is 15.1 Å². The number of aryl methyl sites for hydroxylation is 1. The molecule has 0 aromatic carbocycles. The second-order valence-corrected chi connectivity index (χ2v) is 3.82. The van der Waals surface area contributed by atoms with Gasteiger partial charge in [0.25, 0.3) is 0 Å². The molecule has 0 aliphatic carbocycles. The first-order chi connectivity index (χ1) is 7.08. The highest BCUT2D eigenvalue weighted by Gasteiger charge is 2.03. The molecule has 1 aromatic rings. The van der Waals surface area contributed by atoms with E-state index in [0.717, 1.165) is 11.5 Å². The van der Waals surface area contributed by atoms with Gasteiger partial charge in [0.15, 0.2) is 0 Å². The van der Waals surface area contributed by atoms with Crippen LogP contribution in [0.3, 0.4) is 0 Å². The standard InChI is InChI=1S/C11H18N2O2/c1-8(2)12-7-11(14)13-6-10-5-4-9(3)15-10/h4-5,8,12H,6-7H2,1-3H3,(H,13,14). The molecule has 0 fully saturated rings. The Bertz CT molecular complexity index is 318. The molecule has 0 saturated heterocycles. The molecule has 4 heteroatoms. The van der Waals surface area contributed by atoms with Crippen LogP contribution in [0.5, 0.6) is 0 Å². The van der Waals surface area contributed by atoms with Gasteiger partial charge in [0.05, 0.1) is 13.1 Å². The largest absolute Gasteiger partial charge is 0.465 e. The van der Waals surface area contributed by atoms with E-state index in [9.17, 15) is 4.79 Å². The van der Waals surface area contributed by atoms with E-state index in [1.165, 1.54) is 0 Å². The van der Waals surface area contributed by atoms with E-state index < -0.39 is 0 Å². The number of carbonyl (C=O) groups is 1. The summed E-state index contributed by atoms with van der Waals surface area (Å²) in [6, 6.07) is 4.07. The van der Waals surface area contributed by atoms with Crippen molar-refractivity contribution in [1.82, 2.24) is 10.6 Å². The molecular formula is C11H18N2O2. The van der Waals surface area contributed by atoms with E-state index in [4.69, 9.17) is 4.42 Å². The van der Waals surface area contributed by atoms with Gasteiger partial charge in [-0.3, -0.25) is 4.79 Å². The van der Waals surface area contributed by atoms with Crippen LogP contribution in [0.1, 0.15) is 25.4 Å². The Hall–Kier alpha value is -1.29. The summed E-state index contributed by atoms with van der Waals surface area (Å²) in [5.41, 5.74) is 0. The molecule has 0 bridgehead atoms. The van der Waals surface area contributed by atoms with Gasteiger partial charge in [-0.1, -0.05) is 13.8 Å². The van der Waals surface area contributed by atoms with Crippen LogP contribution in [-0.2, 0) is 11.3 Å². The summed E-state index contributed by atoms with van der Waals surface area (Å²) in [6.07, 6.45) is 0. The zero-order chi connectivity index (χ0) is 11.3. The Morgan fingerprint density at radius 1 is 1.47 bits per heavy atom. The lowest BCUT2D eigenvalue weighted by atomic mass is 10.4. The van der Waals surface area contributed by atoms with Crippen LogP contribution in [0, 0.1) is 6.92 Å². The molecule has 0 saturated carbocycles. The van der Waals surface area contributed by atoms with Crippen LogP contribution in [-0.4, -0.2) is 18.5 Å². The fourth-order valence-corrected chi connectivity index (χ4v) is 1.13. The first-order valence-corrected chi connectivity index (χ1v) is 5.13. The number of furan rings is 1. The van der Waals surface area contributed by atoms with Gasteiger partial charge in [-0.25, -0.2) is 0 Å². The normalized spacial score (nSPS) is 10.7. The van der Waals surface area contributed by atoms with Crippen molar-refractivity contribution < 1.29 is 9.21 Å². The first kappa shape index (κ1) is 11.8. The molecule has 1 aromatic heterocycles. The molecule has 0 spiro atoms. The zero-order valence-corrected chi connectivity index (χ0v) is 9.46. The summed E-state index contributed by atoms with van der Waals surface area (Å²) in [5, 5.41) is 5.82. The van der Waals surface area contributed by atoms with Crippen molar-refractivity contribution >= 4 is 5.91 Å². The van der Waals surface area contributed by atoms with Crippen molar-refractivity contribution in [2.75, 3.05) is 6.54 Å². The maximum atomic E-state index is 11.3. The number of amides is 1. The summed E-state index contributed by atoms with van der Waals surface area (Å²) < 4.78 is 5.32. The topological polar surface area (TPSA) is 54.3 Å². The van der Waals surface area contributed by atoms with Crippen molar-refractivity contribution in [3.05, 3.63) is 23.7 Å². The monoisotopic (exact) mass is 210 g/mol. The Labute approximate surface area is 90.0 Å². The summed E-state index contributed by atoms with van der Waals surface area (Å²) in [4.78, 5) is 11.3. The molecule has 4 nitrogen and oxygen atoms in total. The van der Waals surface area contributed by atoms with Gasteiger partial charge in [-0.05, 0) is 19.1 Å². The van der Waals surface area contributed by atoms with E-state index >= 15 is 0 Å². The summed E-state index contributed by atoms with van der Waals surface area (Å²) in [5.74, 6) is 1.63. The highest BCUT2D eigenvalue weighted by molar-refractivity contribution is 5.77.